The van der Waals surface area contributed by atoms with E-state index in [0.717, 1.165) is 24.2 Å². The Hall–Kier alpha value is -0.630. The van der Waals surface area contributed by atoms with E-state index >= 15 is 0 Å². The zero-order valence-corrected chi connectivity index (χ0v) is 13.6. The molecule has 3 aliphatic carbocycles. The van der Waals surface area contributed by atoms with E-state index in [0.29, 0.717) is 17.2 Å². The van der Waals surface area contributed by atoms with Gasteiger partial charge in [-0.1, -0.05) is 19.9 Å². The fraction of sp³-hybridized carbons (Fsp3) is 0.789. The number of allylic oxidation sites excluding steroid dienone is 2. The predicted octanol–water partition coefficient (Wildman–Crippen LogP) is 3.39. The van der Waals surface area contributed by atoms with Crippen LogP contribution in [0.15, 0.2) is 12.2 Å². The van der Waals surface area contributed by atoms with Gasteiger partial charge in [0.05, 0.1) is 0 Å². The van der Waals surface area contributed by atoms with Gasteiger partial charge in [0.2, 0.25) is 0 Å². The number of fused-ring (bicyclic) bond motifs is 5. The van der Waals surface area contributed by atoms with E-state index in [4.69, 9.17) is 0 Å². The molecule has 2 nitrogen and oxygen atoms in total. The Bertz CT molecular complexity index is 498. The molecule has 3 fully saturated rings. The minimum Gasteiger partial charge on any atom is -0.311 e. The van der Waals surface area contributed by atoms with Gasteiger partial charge < -0.3 is 5.32 Å². The maximum Gasteiger partial charge on any atom is 0.158 e. The number of carbonyl (C=O) groups excluding carboxylic acids is 1. The first-order valence-electron chi connectivity index (χ1n) is 8.77. The van der Waals surface area contributed by atoms with Gasteiger partial charge in [0.15, 0.2) is 5.78 Å². The highest BCUT2D eigenvalue weighted by Gasteiger charge is 2.58. The summed E-state index contributed by atoms with van der Waals surface area (Å²) >= 11 is 0. The molecule has 2 heteroatoms. The normalized spacial score (nSPS) is 55.8. The van der Waals surface area contributed by atoms with Crippen LogP contribution in [0.1, 0.15) is 46.5 Å². The standard InChI is InChI=1S/C19H28NO/c1-12-14-5-4-13-15(18(14,2)9-7-17(12)21)6-10-19(3)16(13)8-11-20-19/h4,7,9,12-16,20H,5-6,8,10-11H2,1-3H3/t12?,13-,14?,15-,16+,18+,19+/m1/s1. The molecule has 0 aromatic carbocycles. The third-order valence-electron chi connectivity index (χ3n) is 7.63. The van der Waals surface area contributed by atoms with Gasteiger partial charge in [-0.25, -0.2) is 0 Å². The zero-order valence-electron chi connectivity index (χ0n) is 13.6. The van der Waals surface area contributed by atoms with E-state index < -0.39 is 0 Å². The molecule has 4 rings (SSSR count). The zero-order chi connectivity index (χ0) is 14.8. The number of hydrogen-bond donors (Lipinski definition) is 1. The quantitative estimate of drug-likeness (QED) is 0.739. The molecule has 0 aromatic heterocycles. The Morgan fingerprint density at radius 1 is 1.19 bits per heavy atom. The summed E-state index contributed by atoms with van der Waals surface area (Å²) in [5.41, 5.74) is 0.595. The molecular weight excluding hydrogens is 258 g/mol. The number of nitrogens with one attached hydrogen (secondary N) is 1. The summed E-state index contributed by atoms with van der Waals surface area (Å²) in [6, 6.07) is 0. The lowest BCUT2D eigenvalue weighted by molar-refractivity contribution is -0.125. The van der Waals surface area contributed by atoms with E-state index in [1.165, 1.54) is 25.8 Å². The van der Waals surface area contributed by atoms with Crippen molar-refractivity contribution in [3.63, 3.8) is 0 Å². The second-order valence-electron chi connectivity index (χ2n) is 8.43. The van der Waals surface area contributed by atoms with Crippen molar-refractivity contribution in [2.45, 2.75) is 52.0 Å². The van der Waals surface area contributed by atoms with Crippen molar-refractivity contribution in [2.24, 2.45) is 35.0 Å². The van der Waals surface area contributed by atoms with Gasteiger partial charge in [-0.15, -0.1) is 0 Å². The Morgan fingerprint density at radius 3 is 2.81 bits per heavy atom. The SMILES string of the molecule is CC1C(=O)C=C[C@@]2(C)C1C[CH][C@@H]1[C@H]2CC[C@]2(C)NCC[C@@H]12. The molecule has 21 heavy (non-hydrogen) atoms. The number of ketones is 1. The molecule has 0 aromatic rings. The molecule has 4 aliphatic rings. The molecule has 2 unspecified atom stereocenters. The number of carbonyl (C=O) groups is 1. The number of rotatable bonds is 0. The summed E-state index contributed by atoms with van der Waals surface area (Å²) < 4.78 is 0. The molecule has 0 amide bonds. The van der Waals surface area contributed by atoms with Gasteiger partial charge >= 0.3 is 0 Å². The van der Waals surface area contributed by atoms with Gasteiger partial charge in [0, 0.05) is 11.5 Å². The summed E-state index contributed by atoms with van der Waals surface area (Å²) in [4.78, 5) is 12.1. The van der Waals surface area contributed by atoms with E-state index in [2.05, 4.69) is 38.6 Å². The van der Waals surface area contributed by atoms with Gasteiger partial charge in [-0.3, -0.25) is 4.79 Å². The average molecular weight is 286 g/mol. The van der Waals surface area contributed by atoms with Crippen molar-refractivity contribution >= 4 is 5.78 Å². The Labute approximate surface area is 128 Å². The average Bonchev–Trinajstić information content (AvgIpc) is 2.85. The van der Waals surface area contributed by atoms with Crippen LogP contribution in [-0.4, -0.2) is 17.9 Å². The van der Waals surface area contributed by atoms with Gasteiger partial charge in [-0.05, 0) is 80.7 Å². The molecule has 1 radical (unpaired) electrons. The van der Waals surface area contributed by atoms with Crippen LogP contribution in [0.3, 0.4) is 0 Å². The molecule has 7 atom stereocenters. The van der Waals surface area contributed by atoms with Crippen molar-refractivity contribution in [1.29, 1.82) is 0 Å². The fourth-order valence-electron chi connectivity index (χ4n) is 6.27. The van der Waals surface area contributed by atoms with Crippen molar-refractivity contribution in [3.05, 3.63) is 18.6 Å². The maximum atomic E-state index is 12.1. The maximum absolute atomic E-state index is 12.1. The van der Waals surface area contributed by atoms with Crippen LogP contribution in [0.5, 0.6) is 0 Å². The lowest BCUT2D eigenvalue weighted by Crippen LogP contribution is -2.57. The highest BCUT2D eigenvalue weighted by atomic mass is 16.1. The molecular formula is C19H28NO. The second-order valence-corrected chi connectivity index (χ2v) is 8.43. The summed E-state index contributed by atoms with van der Waals surface area (Å²) in [6.45, 7) is 8.20. The van der Waals surface area contributed by atoms with Crippen molar-refractivity contribution < 1.29 is 4.79 Å². The van der Waals surface area contributed by atoms with Gasteiger partial charge in [-0.2, -0.15) is 0 Å². The van der Waals surface area contributed by atoms with Crippen molar-refractivity contribution in [2.75, 3.05) is 6.54 Å². The first-order chi connectivity index (χ1) is 9.96. The summed E-state index contributed by atoms with van der Waals surface area (Å²) in [5, 5.41) is 3.78. The minimum absolute atomic E-state index is 0.201. The first kappa shape index (κ1) is 14.0. The lowest BCUT2D eigenvalue weighted by Gasteiger charge is -2.59. The van der Waals surface area contributed by atoms with Crippen LogP contribution >= 0.6 is 0 Å². The number of hydrogen-bond acceptors (Lipinski definition) is 2. The van der Waals surface area contributed by atoms with Crippen molar-refractivity contribution in [1.82, 2.24) is 5.32 Å². The van der Waals surface area contributed by atoms with Crippen LogP contribution in [-0.2, 0) is 4.79 Å². The summed E-state index contributed by atoms with van der Waals surface area (Å²) in [7, 11) is 0. The van der Waals surface area contributed by atoms with Crippen LogP contribution in [0.25, 0.3) is 0 Å². The van der Waals surface area contributed by atoms with Gasteiger partial charge in [0.1, 0.15) is 0 Å². The predicted molar refractivity (Wildman–Crippen MR) is 84.6 cm³/mol. The third kappa shape index (κ3) is 1.78. The lowest BCUT2D eigenvalue weighted by atomic mass is 9.46. The highest BCUT2D eigenvalue weighted by Crippen LogP contribution is 2.61. The van der Waals surface area contributed by atoms with Crippen LogP contribution in [0, 0.1) is 41.4 Å². The molecule has 2 saturated carbocycles. The third-order valence-corrected chi connectivity index (χ3v) is 7.63. The first-order valence-corrected chi connectivity index (χ1v) is 8.77. The fourth-order valence-corrected chi connectivity index (χ4v) is 6.27. The summed E-state index contributed by atoms with van der Waals surface area (Å²) in [5.74, 6) is 3.34. The largest absolute Gasteiger partial charge is 0.311 e. The Kier molecular flexibility index (Phi) is 2.96. The molecule has 1 aliphatic heterocycles. The van der Waals surface area contributed by atoms with Crippen molar-refractivity contribution in [3.8, 4) is 0 Å². The molecule has 1 N–H and O–H groups in total. The molecule has 0 spiro atoms. The van der Waals surface area contributed by atoms with E-state index in [-0.39, 0.29) is 11.3 Å². The van der Waals surface area contributed by atoms with E-state index in [1.54, 1.807) is 0 Å². The molecule has 115 valence electrons. The smallest absolute Gasteiger partial charge is 0.158 e. The van der Waals surface area contributed by atoms with Crippen LogP contribution in [0.2, 0.25) is 0 Å². The Morgan fingerprint density at radius 2 is 2.00 bits per heavy atom. The molecule has 1 saturated heterocycles. The van der Waals surface area contributed by atoms with E-state index in [9.17, 15) is 4.79 Å². The van der Waals surface area contributed by atoms with Crippen LogP contribution in [0.4, 0.5) is 0 Å². The molecule has 0 bridgehead atoms. The summed E-state index contributed by atoms with van der Waals surface area (Å²) in [6.07, 6.45) is 11.8. The monoisotopic (exact) mass is 286 g/mol. The second kappa shape index (κ2) is 4.44. The van der Waals surface area contributed by atoms with E-state index in [1.807, 2.05) is 6.08 Å². The Balaban J connectivity index is 1.70. The van der Waals surface area contributed by atoms with Crippen LogP contribution < -0.4 is 5.32 Å². The topological polar surface area (TPSA) is 29.1 Å². The minimum atomic E-state index is 0.201. The highest BCUT2D eigenvalue weighted by molar-refractivity contribution is 5.93. The molecule has 1 heterocycles. The van der Waals surface area contributed by atoms with Gasteiger partial charge in [0.25, 0.3) is 0 Å².